The zero-order valence-electron chi connectivity index (χ0n) is 17.0. The number of nitrogens with zero attached hydrogens (tertiary/aromatic N) is 3. The number of anilines is 2. The molecule has 2 aromatic rings. The first kappa shape index (κ1) is 20.4. The van der Waals surface area contributed by atoms with Crippen molar-refractivity contribution < 1.29 is 9.90 Å². The van der Waals surface area contributed by atoms with Crippen molar-refractivity contribution in [1.82, 2.24) is 9.80 Å². The molecule has 0 saturated carbocycles. The highest BCUT2D eigenvalue weighted by Gasteiger charge is 2.24. The summed E-state index contributed by atoms with van der Waals surface area (Å²) < 4.78 is 0. The van der Waals surface area contributed by atoms with Gasteiger partial charge in [-0.3, -0.25) is 9.69 Å². The first-order chi connectivity index (χ1) is 14.2. The number of β-amino-alcohol motifs (C(OH)–C–C–N with tert-alkyl or cyclic N) is 1. The number of hydrogen-bond donors (Lipinski definition) is 1. The lowest BCUT2D eigenvalue weighted by Crippen LogP contribution is -2.47. The lowest BCUT2D eigenvalue weighted by atomic mass is 10.1. The number of aliphatic hydroxyl groups excluding tert-OH is 1. The van der Waals surface area contributed by atoms with Crippen molar-refractivity contribution in [2.45, 2.75) is 23.1 Å². The maximum absolute atomic E-state index is 11.8. The normalized spacial score (nSPS) is 17.1. The van der Waals surface area contributed by atoms with E-state index in [9.17, 15) is 4.79 Å². The number of para-hydroxylation sites is 1. The molecule has 2 aliphatic heterocycles. The third kappa shape index (κ3) is 4.67. The van der Waals surface area contributed by atoms with Crippen molar-refractivity contribution in [3.05, 3.63) is 48.0 Å². The third-order valence-electron chi connectivity index (χ3n) is 5.77. The summed E-state index contributed by atoms with van der Waals surface area (Å²) in [7, 11) is 0. The highest BCUT2D eigenvalue weighted by molar-refractivity contribution is 7.99. The number of carbonyl (C=O) groups is 1. The van der Waals surface area contributed by atoms with Crippen LogP contribution in [0.3, 0.4) is 0 Å². The average molecular weight is 412 g/mol. The average Bonchev–Trinajstić information content (AvgIpc) is 2.74. The van der Waals surface area contributed by atoms with Crippen LogP contribution in [0.5, 0.6) is 0 Å². The molecule has 5 nitrogen and oxygen atoms in total. The van der Waals surface area contributed by atoms with Gasteiger partial charge in [0.2, 0.25) is 0 Å². The lowest BCUT2D eigenvalue weighted by Gasteiger charge is -2.36. The molecular formula is C23H29N3O2S. The maximum Gasteiger partial charge on any atom is 0.159 e. The summed E-state index contributed by atoms with van der Waals surface area (Å²) in [5, 5.41) is 9.10. The number of rotatable bonds is 7. The van der Waals surface area contributed by atoms with Crippen molar-refractivity contribution >= 4 is 28.9 Å². The molecule has 1 saturated heterocycles. The molecule has 1 fully saturated rings. The van der Waals surface area contributed by atoms with Crippen molar-refractivity contribution in [1.29, 1.82) is 0 Å². The third-order valence-corrected chi connectivity index (χ3v) is 6.88. The molecule has 0 aromatic heterocycles. The standard InChI is InChI=1S/C23H29N3O2S/c1-18(28)19-7-8-21-23(17-19)29-22-6-3-2-5-20(22)26(21)10-4-9-24-11-13-25(14-12-24)15-16-27/h2-3,5-8,17,27H,4,9-16H2,1H3. The number of fused-ring (bicyclic) bond motifs is 2. The van der Waals surface area contributed by atoms with E-state index in [0.29, 0.717) is 0 Å². The van der Waals surface area contributed by atoms with E-state index in [1.165, 1.54) is 16.3 Å². The van der Waals surface area contributed by atoms with Crippen molar-refractivity contribution in [3.63, 3.8) is 0 Å². The molecule has 0 bridgehead atoms. The van der Waals surface area contributed by atoms with Crippen molar-refractivity contribution in [2.75, 3.05) is 57.3 Å². The van der Waals surface area contributed by atoms with E-state index < -0.39 is 0 Å². The number of aliphatic hydroxyl groups is 1. The smallest absolute Gasteiger partial charge is 0.159 e. The molecule has 2 aromatic carbocycles. The van der Waals surface area contributed by atoms with Crippen LogP contribution in [0.1, 0.15) is 23.7 Å². The van der Waals surface area contributed by atoms with Gasteiger partial charge in [0.1, 0.15) is 0 Å². The lowest BCUT2D eigenvalue weighted by molar-refractivity contribution is 0.101. The fraction of sp³-hybridized carbons (Fsp3) is 0.435. The molecule has 0 spiro atoms. The summed E-state index contributed by atoms with van der Waals surface area (Å²) in [5.74, 6) is 0.110. The molecule has 0 radical (unpaired) electrons. The number of piperazine rings is 1. The van der Waals surface area contributed by atoms with Gasteiger partial charge < -0.3 is 14.9 Å². The molecule has 2 aliphatic rings. The second-order valence-electron chi connectivity index (χ2n) is 7.72. The first-order valence-corrected chi connectivity index (χ1v) is 11.2. The summed E-state index contributed by atoms with van der Waals surface area (Å²) in [5.41, 5.74) is 3.23. The van der Waals surface area contributed by atoms with Gasteiger partial charge in [-0.05, 0) is 50.2 Å². The molecule has 4 rings (SSSR count). The predicted octanol–water partition coefficient (Wildman–Crippen LogP) is 3.49. The zero-order chi connectivity index (χ0) is 20.2. The van der Waals surface area contributed by atoms with Gasteiger partial charge in [0.05, 0.1) is 18.0 Å². The Morgan fingerprint density at radius 1 is 0.931 bits per heavy atom. The Kier molecular flexibility index (Phi) is 6.55. The quantitative estimate of drug-likeness (QED) is 0.704. The summed E-state index contributed by atoms with van der Waals surface area (Å²) in [4.78, 5) is 21.5. The van der Waals surface area contributed by atoms with Gasteiger partial charge in [-0.2, -0.15) is 0 Å². The maximum atomic E-state index is 11.8. The molecule has 0 atom stereocenters. The molecule has 0 unspecified atom stereocenters. The second-order valence-corrected chi connectivity index (χ2v) is 8.80. The van der Waals surface area contributed by atoms with E-state index in [0.717, 1.165) is 62.7 Å². The highest BCUT2D eigenvalue weighted by atomic mass is 32.2. The number of Topliss-reactive ketones (excluding diaryl/α,β-unsaturated/α-hetero) is 1. The van der Waals surface area contributed by atoms with Gasteiger partial charge >= 0.3 is 0 Å². The first-order valence-electron chi connectivity index (χ1n) is 10.4. The van der Waals surface area contributed by atoms with Gasteiger partial charge in [0.25, 0.3) is 0 Å². The van der Waals surface area contributed by atoms with E-state index in [4.69, 9.17) is 5.11 Å². The van der Waals surface area contributed by atoms with Crippen molar-refractivity contribution in [2.24, 2.45) is 0 Å². The Morgan fingerprint density at radius 2 is 1.62 bits per heavy atom. The van der Waals surface area contributed by atoms with Crippen LogP contribution in [-0.2, 0) is 0 Å². The number of carbonyl (C=O) groups excluding carboxylic acids is 1. The van der Waals surface area contributed by atoms with Crippen LogP contribution in [0.2, 0.25) is 0 Å². The summed E-state index contributed by atoms with van der Waals surface area (Å²) >= 11 is 1.75. The minimum Gasteiger partial charge on any atom is -0.395 e. The summed E-state index contributed by atoms with van der Waals surface area (Å²) in [6, 6.07) is 14.6. The van der Waals surface area contributed by atoms with Gasteiger partial charge in [0, 0.05) is 54.6 Å². The minimum atomic E-state index is 0.110. The molecule has 29 heavy (non-hydrogen) atoms. The predicted molar refractivity (Wildman–Crippen MR) is 119 cm³/mol. The van der Waals surface area contributed by atoms with Crippen LogP contribution in [0, 0.1) is 0 Å². The molecule has 0 aliphatic carbocycles. The fourth-order valence-corrected chi connectivity index (χ4v) is 5.26. The van der Waals surface area contributed by atoms with Crippen LogP contribution in [0.4, 0.5) is 11.4 Å². The van der Waals surface area contributed by atoms with Crippen LogP contribution in [0.15, 0.2) is 52.3 Å². The van der Waals surface area contributed by atoms with Crippen LogP contribution < -0.4 is 4.90 Å². The molecular weight excluding hydrogens is 382 g/mol. The van der Waals surface area contributed by atoms with Gasteiger partial charge in [-0.15, -0.1) is 0 Å². The molecule has 0 amide bonds. The summed E-state index contributed by atoms with van der Waals surface area (Å²) in [6.07, 6.45) is 1.09. The molecule has 6 heteroatoms. The van der Waals surface area contributed by atoms with E-state index in [1.54, 1.807) is 18.7 Å². The highest BCUT2D eigenvalue weighted by Crippen LogP contribution is 2.48. The Balaban J connectivity index is 1.44. The number of hydrogen-bond acceptors (Lipinski definition) is 6. The Morgan fingerprint density at radius 3 is 2.34 bits per heavy atom. The van der Waals surface area contributed by atoms with Gasteiger partial charge in [-0.25, -0.2) is 0 Å². The van der Waals surface area contributed by atoms with E-state index in [-0.39, 0.29) is 12.4 Å². The Hall–Kier alpha value is -1.86. The van der Waals surface area contributed by atoms with Crippen molar-refractivity contribution in [3.8, 4) is 0 Å². The number of benzene rings is 2. The van der Waals surface area contributed by atoms with E-state index in [2.05, 4.69) is 45.0 Å². The van der Waals surface area contributed by atoms with Gasteiger partial charge in [0.15, 0.2) is 5.78 Å². The second kappa shape index (κ2) is 9.30. The topological polar surface area (TPSA) is 47.0 Å². The molecule has 2 heterocycles. The largest absolute Gasteiger partial charge is 0.395 e. The summed E-state index contributed by atoms with van der Waals surface area (Å²) in [6.45, 7) is 8.94. The fourth-order valence-electron chi connectivity index (χ4n) is 4.12. The SMILES string of the molecule is CC(=O)c1ccc2c(c1)Sc1ccccc1N2CCCN1CCN(CCO)CC1. The number of ketones is 1. The zero-order valence-corrected chi connectivity index (χ0v) is 17.8. The Bertz CT molecular complexity index is 865. The van der Waals surface area contributed by atoms with E-state index in [1.807, 2.05) is 12.1 Å². The Labute approximate surface area is 177 Å². The molecule has 154 valence electrons. The van der Waals surface area contributed by atoms with E-state index >= 15 is 0 Å². The van der Waals surface area contributed by atoms with Crippen LogP contribution in [-0.4, -0.2) is 73.1 Å². The minimum absolute atomic E-state index is 0.110. The van der Waals surface area contributed by atoms with Crippen LogP contribution >= 0.6 is 11.8 Å². The molecule has 1 N–H and O–H groups in total. The monoisotopic (exact) mass is 411 g/mol. The van der Waals surface area contributed by atoms with Crippen LogP contribution in [0.25, 0.3) is 0 Å². The van der Waals surface area contributed by atoms with Gasteiger partial charge in [-0.1, -0.05) is 23.9 Å².